The number of halogens is 1. The lowest BCUT2D eigenvalue weighted by molar-refractivity contribution is -0.0415. The maximum Gasteiger partial charge on any atom is 0.252 e. The molecule has 1 aromatic carbocycles. The van der Waals surface area contributed by atoms with E-state index in [1.54, 1.807) is 0 Å². The highest BCUT2D eigenvalue weighted by molar-refractivity contribution is 9.10. The average molecular weight is 434 g/mol. The minimum Gasteiger partial charge on any atom is -0.396 e. The molecular weight excluding hydrogens is 410 g/mol. The summed E-state index contributed by atoms with van der Waals surface area (Å²) in [6, 6.07) is 7.53. The zero-order valence-corrected chi connectivity index (χ0v) is 16.7. The molecule has 1 aromatic heterocycles. The number of carbonyl (C=O) groups is 1. The Morgan fingerprint density at radius 1 is 1.33 bits per heavy atom. The van der Waals surface area contributed by atoms with Gasteiger partial charge in [-0.15, -0.1) is 0 Å². The third-order valence-electron chi connectivity index (χ3n) is 5.29. The van der Waals surface area contributed by atoms with Crippen LogP contribution in [0.2, 0.25) is 0 Å². The van der Waals surface area contributed by atoms with Gasteiger partial charge in [0.2, 0.25) is 0 Å². The van der Waals surface area contributed by atoms with Crippen LogP contribution in [0.3, 0.4) is 0 Å². The van der Waals surface area contributed by atoms with E-state index < -0.39 is 0 Å². The number of benzene rings is 1. The van der Waals surface area contributed by atoms with Gasteiger partial charge in [-0.25, -0.2) is 4.68 Å². The van der Waals surface area contributed by atoms with E-state index >= 15 is 0 Å². The standard InChI is InChI=1S/C20H24BrN3O3/c21-18-16(8-5-10-25)24(17-9-3-4-11-27-17)23-19(18)15-12-13-6-1-2-7-14(13)20(26)22-15/h1-2,6-7,15,17,25H,3-5,8-12H2,(H,22,26). The molecule has 6 nitrogen and oxygen atoms in total. The van der Waals surface area contributed by atoms with Gasteiger partial charge in [-0.2, -0.15) is 5.10 Å². The van der Waals surface area contributed by atoms with Gasteiger partial charge >= 0.3 is 0 Å². The van der Waals surface area contributed by atoms with Crippen LogP contribution in [0.1, 0.15) is 65.3 Å². The number of ether oxygens (including phenoxy) is 1. The van der Waals surface area contributed by atoms with E-state index in [1.807, 2.05) is 28.9 Å². The molecule has 2 aliphatic rings. The molecule has 2 unspecified atom stereocenters. The normalized spacial score (nSPS) is 22.4. The molecule has 0 saturated carbocycles. The van der Waals surface area contributed by atoms with Crippen LogP contribution in [0.4, 0.5) is 0 Å². The van der Waals surface area contributed by atoms with E-state index in [0.29, 0.717) is 19.3 Å². The summed E-state index contributed by atoms with van der Waals surface area (Å²) < 4.78 is 8.82. The molecule has 2 aromatic rings. The van der Waals surface area contributed by atoms with Gasteiger partial charge < -0.3 is 15.2 Å². The highest BCUT2D eigenvalue weighted by Gasteiger charge is 2.31. The molecule has 1 amide bonds. The predicted molar refractivity (Wildman–Crippen MR) is 105 cm³/mol. The summed E-state index contributed by atoms with van der Waals surface area (Å²) in [6.07, 6.45) is 5.13. The lowest BCUT2D eigenvalue weighted by atomic mass is 9.93. The summed E-state index contributed by atoms with van der Waals surface area (Å²) in [4.78, 5) is 12.5. The van der Waals surface area contributed by atoms with Crippen molar-refractivity contribution < 1.29 is 14.6 Å². The number of hydrogen-bond donors (Lipinski definition) is 2. The quantitative estimate of drug-likeness (QED) is 0.758. The number of rotatable bonds is 5. The lowest BCUT2D eigenvalue weighted by Crippen LogP contribution is -2.35. The summed E-state index contributed by atoms with van der Waals surface area (Å²) in [5.74, 6) is -0.0610. The molecule has 0 radical (unpaired) electrons. The number of carbonyl (C=O) groups excluding carboxylic acids is 1. The van der Waals surface area contributed by atoms with Gasteiger partial charge in [0.15, 0.2) is 6.23 Å². The number of aliphatic hydroxyl groups is 1. The first-order valence-corrected chi connectivity index (χ1v) is 10.4. The molecule has 2 aliphatic heterocycles. The second-order valence-corrected chi connectivity index (χ2v) is 7.92. The number of hydrogen-bond acceptors (Lipinski definition) is 4. The molecule has 0 spiro atoms. The number of aromatic nitrogens is 2. The van der Waals surface area contributed by atoms with E-state index in [0.717, 1.165) is 52.9 Å². The summed E-state index contributed by atoms with van der Waals surface area (Å²) in [5.41, 5.74) is 3.64. The molecule has 7 heteroatoms. The van der Waals surface area contributed by atoms with Crippen LogP contribution in [0.25, 0.3) is 0 Å². The zero-order valence-electron chi connectivity index (χ0n) is 15.2. The summed E-state index contributed by atoms with van der Waals surface area (Å²) in [6.45, 7) is 0.872. The van der Waals surface area contributed by atoms with E-state index in [1.165, 1.54) is 0 Å². The monoisotopic (exact) mass is 433 g/mol. The Kier molecular flexibility index (Phi) is 5.61. The van der Waals surface area contributed by atoms with Gasteiger partial charge in [0.1, 0.15) is 0 Å². The smallest absolute Gasteiger partial charge is 0.252 e. The van der Waals surface area contributed by atoms with Gasteiger partial charge in [-0.3, -0.25) is 4.79 Å². The third kappa shape index (κ3) is 3.68. The number of nitrogens with one attached hydrogen (secondary N) is 1. The van der Waals surface area contributed by atoms with Crippen LogP contribution in [0.5, 0.6) is 0 Å². The van der Waals surface area contributed by atoms with Gasteiger partial charge in [0, 0.05) is 18.8 Å². The Morgan fingerprint density at radius 2 is 2.19 bits per heavy atom. The van der Waals surface area contributed by atoms with E-state index in [4.69, 9.17) is 9.84 Å². The average Bonchev–Trinajstić information content (AvgIpc) is 3.03. The molecule has 0 aliphatic carbocycles. The molecule has 2 atom stereocenters. The van der Waals surface area contributed by atoms with Crippen LogP contribution in [-0.4, -0.2) is 34.0 Å². The fraction of sp³-hybridized carbons (Fsp3) is 0.500. The Morgan fingerprint density at radius 3 is 2.96 bits per heavy atom. The minimum atomic E-state index is -0.181. The Hall–Kier alpha value is -1.70. The van der Waals surface area contributed by atoms with Crippen molar-refractivity contribution in [1.29, 1.82) is 0 Å². The SMILES string of the molecule is O=C1NC(c2nn(C3CCCCO3)c(CCCO)c2Br)Cc2ccccc21. The molecule has 3 heterocycles. The summed E-state index contributed by atoms with van der Waals surface area (Å²) in [7, 11) is 0. The van der Waals surface area contributed by atoms with E-state index in [-0.39, 0.29) is 24.8 Å². The van der Waals surface area contributed by atoms with Crippen molar-refractivity contribution in [1.82, 2.24) is 15.1 Å². The van der Waals surface area contributed by atoms with E-state index in [9.17, 15) is 9.90 Å². The number of nitrogens with zero attached hydrogens (tertiary/aromatic N) is 2. The number of aliphatic hydroxyl groups excluding tert-OH is 1. The molecule has 1 fully saturated rings. The van der Waals surface area contributed by atoms with Crippen LogP contribution in [0.15, 0.2) is 28.7 Å². The van der Waals surface area contributed by atoms with Crippen LogP contribution >= 0.6 is 15.9 Å². The van der Waals surface area contributed by atoms with Crippen molar-refractivity contribution in [2.45, 2.75) is 50.8 Å². The first-order chi connectivity index (χ1) is 13.2. The molecule has 4 rings (SSSR count). The molecular formula is C20H24BrN3O3. The molecule has 0 bridgehead atoms. The van der Waals surface area contributed by atoms with Crippen molar-refractivity contribution in [2.24, 2.45) is 0 Å². The highest BCUT2D eigenvalue weighted by Crippen LogP contribution is 2.35. The summed E-state index contributed by atoms with van der Waals surface area (Å²) in [5, 5.41) is 17.2. The highest BCUT2D eigenvalue weighted by atomic mass is 79.9. The molecule has 1 saturated heterocycles. The van der Waals surface area contributed by atoms with Crippen molar-refractivity contribution in [3.63, 3.8) is 0 Å². The molecule has 27 heavy (non-hydrogen) atoms. The topological polar surface area (TPSA) is 76.4 Å². The van der Waals surface area contributed by atoms with Gasteiger partial charge in [0.05, 0.1) is 21.9 Å². The predicted octanol–water partition coefficient (Wildman–Crippen LogP) is 3.30. The Labute approximate surface area is 167 Å². The van der Waals surface area contributed by atoms with E-state index in [2.05, 4.69) is 21.2 Å². The lowest BCUT2D eigenvalue weighted by Gasteiger charge is -2.25. The fourth-order valence-electron chi connectivity index (χ4n) is 3.91. The van der Waals surface area contributed by atoms with Crippen molar-refractivity contribution in [3.8, 4) is 0 Å². The molecule has 2 N–H and O–H groups in total. The van der Waals surface area contributed by atoms with Crippen LogP contribution < -0.4 is 5.32 Å². The summed E-state index contributed by atoms with van der Waals surface area (Å²) >= 11 is 3.72. The third-order valence-corrected chi connectivity index (χ3v) is 6.16. The fourth-order valence-corrected chi connectivity index (χ4v) is 4.64. The molecule has 144 valence electrons. The number of amides is 1. The zero-order chi connectivity index (χ0) is 18.8. The van der Waals surface area contributed by atoms with Crippen molar-refractivity contribution in [3.05, 3.63) is 51.3 Å². The second kappa shape index (κ2) is 8.12. The maximum absolute atomic E-state index is 12.5. The van der Waals surface area contributed by atoms with Crippen LogP contribution in [-0.2, 0) is 17.6 Å². The Balaban J connectivity index is 1.68. The maximum atomic E-state index is 12.5. The Bertz CT molecular complexity index is 830. The first kappa shape index (κ1) is 18.7. The minimum absolute atomic E-state index is 0.0610. The van der Waals surface area contributed by atoms with Gasteiger partial charge in [0.25, 0.3) is 5.91 Å². The van der Waals surface area contributed by atoms with Gasteiger partial charge in [-0.1, -0.05) is 18.2 Å². The second-order valence-electron chi connectivity index (χ2n) is 7.13. The van der Waals surface area contributed by atoms with Crippen molar-refractivity contribution in [2.75, 3.05) is 13.2 Å². The van der Waals surface area contributed by atoms with Gasteiger partial charge in [-0.05, 0) is 66.1 Å². The number of fused-ring (bicyclic) bond motifs is 1. The van der Waals surface area contributed by atoms with Crippen molar-refractivity contribution >= 4 is 21.8 Å². The van der Waals surface area contributed by atoms with Crippen LogP contribution in [0, 0.1) is 0 Å². The first-order valence-electron chi connectivity index (χ1n) is 9.57. The largest absolute Gasteiger partial charge is 0.396 e.